The number of nitrogens with zero attached hydrogens (tertiary/aromatic N) is 2. The molecule has 20 heavy (non-hydrogen) atoms. The summed E-state index contributed by atoms with van der Waals surface area (Å²) in [5.74, 6) is 2.41. The predicted molar refractivity (Wildman–Crippen MR) is 75.8 cm³/mol. The minimum Gasteiger partial charge on any atom is -0.493 e. The molecule has 3 N–H and O–H groups in total. The van der Waals surface area contributed by atoms with Crippen molar-refractivity contribution in [3.8, 4) is 17.2 Å². The molecule has 0 unspecified atom stereocenters. The SMILES string of the molecule is COc1cc(Nc2ccnc(N)n2)cc(OC)c1OC. The fourth-order valence-electron chi connectivity index (χ4n) is 1.74. The van der Waals surface area contributed by atoms with Gasteiger partial charge in [-0.2, -0.15) is 4.98 Å². The van der Waals surface area contributed by atoms with Crippen molar-refractivity contribution in [1.29, 1.82) is 0 Å². The van der Waals surface area contributed by atoms with Crippen molar-refractivity contribution in [3.63, 3.8) is 0 Å². The van der Waals surface area contributed by atoms with Gasteiger partial charge in [-0.05, 0) is 6.07 Å². The normalized spacial score (nSPS) is 9.95. The minimum atomic E-state index is 0.197. The number of aromatic nitrogens is 2. The molecular weight excluding hydrogens is 260 g/mol. The number of methoxy groups -OCH3 is 3. The Morgan fingerprint density at radius 1 is 1.05 bits per heavy atom. The molecule has 0 atom stereocenters. The second kappa shape index (κ2) is 5.96. The van der Waals surface area contributed by atoms with Crippen LogP contribution in [-0.4, -0.2) is 31.3 Å². The lowest BCUT2D eigenvalue weighted by molar-refractivity contribution is 0.324. The minimum absolute atomic E-state index is 0.197. The van der Waals surface area contributed by atoms with Crippen LogP contribution >= 0.6 is 0 Å². The third-order valence-electron chi connectivity index (χ3n) is 2.61. The van der Waals surface area contributed by atoms with Gasteiger partial charge in [0.25, 0.3) is 0 Å². The van der Waals surface area contributed by atoms with Gasteiger partial charge in [-0.15, -0.1) is 0 Å². The lowest BCUT2D eigenvalue weighted by Crippen LogP contribution is -2.01. The molecule has 0 aliphatic heterocycles. The highest BCUT2D eigenvalue weighted by molar-refractivity contribution is 5.66. The second-order valence-electron chi connectivity index (χ2n) is 3.84. The number of anilines is 3. The van der Waals surface area contributed by atoms with Gasteiger partial charge >= 0.3 is 0 Å². The molecule has 1 heterocycles. The van der Waals surface area contributed by atoms with Crippen LogP contribution < -0.4 is 25.3 Å². The lowest BCUT2D eigenvalue weighted by atomic mass is 10.2. The maximum atomic E-state index is 5.54. The van der Waals surface area contributed by atoms with Crippen molar-refractivity contribution >= 4 is 17.5 Å². The standard InChI is InChI=1S/C13H16N4O3/c1-18-9-6-8(7-10(19-2)12(9)20-3)16-11-4-5-15-13(14)17-11/h4-7H,1-3H3,(H3,14,15,16,17). The van der Waals surface area contributed by atoms with Gasteiger partial charge in [-0.3, -0.25) is 0 Å². The molecule has 0 aliphatic rings. The van der Waals surface area contributed by atoms with Gasteiger partial charge < -0.3 is 25.3 Å². The van der Waals surface area contributed by atoms with Crippen LogP contribution in [0.5, 0.6) is 17.2 Å². The fraction of sp³-hybridized carbons (Fsp3) is 0.231. The molecule has 7 heteroatoms. The number of benzene rings is 1. The van der Waals surface area contributed by atoms with E-state index in [4.69, 9.17) is 19.9 Å². The molecular formula is C13H16N4O3. The first-order valence-corrected chi connectivity index (χ1v) is 5.83. The van der Waals surface area contributed by atoms with Gasteiger partial charge in [-0.1, -0.05) is 0 Å². The molecule has 0 spiro atoms. The summed E-state index contributed by atoms with van der Waals surface area (Å²) in [6, 6.07) is 5.26. The Hall–Kier alpha value is -2.70. The Kier molecular flexibility index (Phi) is 4.09. The van der Waals surface area contributed by atoms with Crippen molar-refractivity contribution in [2.24, 2.45) is 0 Å². The number of hydrogen-bond acceptors (Lipinski definition) is 7. The highest BCUT2D eigenvalue weighted by Gasteiger charge is 2.13. The maximum absolute atomic E-state index is 5.54. The molecule has 0 saturated carbocycles. The van der Waals surface area contributed by atoms with E-state index in [1.165, 1.54) is 0 Å². The second-order valence-corrected chi connectivity index (χ2v) is 3.84. The van der Waals surface area contributed by atoms with Crippen LogP contribution in [0, 0.1) is 0 Å². The summed E-state index contributed by atoms with van der Waals surface area (Å²) in [4.78, 5) is 7.90. The molecule has 0 fully saturated rings. The van der Waals surface area contributed by atoms with Gasteiger partial charge in [-0.25, -0.2) is 4.98 Å². The van der Waals surface area contributed by atoms with Crippen molar-refractivity contribution in [2.75, 3.05) is 32.4 Å². The third kappa shape index (κ3) is 2.82. The highest BCUT2D eigenvalue weighted by atomic mass is 16.5. The van der Waals surface area contributed by atoms with E-state index in [9.17, 15) is 0 Å². The monoisotopic (exact) mass is 276 g/mol. The number of ether oxygens (including phenoxy) is 3. The third-order valence-corrected chi connectivity index (χ3v) is 2.61. The van der Waals surface area contributed by atoms with Crippen molar-refractivity contribution in [3.05, 3.63) is 24.4 Å². The summed E-state index contributed by atoms with van der Waals surface area (Å²) in [6.07, 6.45) is 1.57. The van der Waals surface area contributed by atoms with Crippen LogP contribution in [0.3, 0.4) is 0 Å². The van der Waals surface area contributed by atoms with E-state index in [-0.39, 0.29) is 5.95 Å². The highest BCUT2D eigenvalue weighted by Crippen LogP contribution is 2.40. The van der Waals surface area contributed by atoms with E-state index in [0.717, 1.165) is 5.69 Å². The average Bonchev–Trinajstić information content (AvgIpc) is 2.46. The zero-order valence-electron chi connectivity index (χ0n) is 11.5. The summed E-state index contributed by atoms with van der Waals surface area (Å²) in [7, 11) is 4.67. The summed E-state index contributed by atoms with van der Waals surface area (Å²) in [5, 5.41) is 3.10. The van der Waals surface area contributed by atoms with E-state index in [0.29, 0.717) is 23.1 Å². The van der Waals surface area contributed by atoms with Crippen LogP contribution in [0.1, 0.15) is 0 Å². The average molecular weight is 276 g/mol. The molecule has 0 radical (unpaired) electrons. The molecule has 0 aliphatic carbocycles. The number of nitrogen functional groups attached to an aromatic ring is 1. The molecule has 7 nitrogen and oxygen atoms in total. The predicted octanol–water partition coefficient (Wildman–Crippen LogP) is 1.83. The smallest absolute Gasteiger partial charge is 0.221 e. The zero-order chi connectivity index (χ0) is 14.5. The zero-order valence-corrected chi connectivity index (χ0v) is 11.5. The van der Waals surface area contributed by atoms with Crippen LogP contribution in [0.15, 0.2) is 24.4 Å². The lowest BCUT2D eigenvalue weighted by Gasteiger charge is -2.14. The fourth-order valence-corrected chi connectivity index (χ4v) is 1.74. The van der Waals surface area contributed by atoms with E-state index in [2.05, 4.69) is 15.3 Å². The summed E-state index contributed by atoms with van der Waals surface area (Å²) >= 11 is 0. The first-order chi connectivity index (χ1) is 9.67. The molecule has 0 bridgehead atoms. The van der Waals surface area contributed by atoms with Crippen LogP contribution in [0.25, 0.3) is 0 Å². The van der Waals surface area contributed by atoms with Gasteiger partial charge in [0.2, 0.25) is 11.7 Å². The number of nitrogens with two attached hydrogens (primary N) is 1. The Labute approximate surface area is 116 Å². The van der Waals surface area contributed by atoms with E-state index in [1.54, 1.807) is 45.7 Å². The Balaban J connectivity index is 2.37. The Morgan fingerprint density at radius 2 is 1.70 bits per heavy atom. The first kappa shape index (κ1) is 13.7. The van der Waals surface area contributed by atoms with Crippen LogP contribution in [0.2, 0.25) is 0 Å². The van der Waals surface area contributed by atoms with E-state index < -0.39 is 0 Å². The van der Waals surface area contributed by atoms with Crippen LogP contribution in [-0.2, 0) is 0 Å². The molecule has 0 saturated heterocycles. The number of rotatable bonds is 5. The van der Waals surface area contributed by atoms with Crippen LogP contribution in [0.4, 0.5) is 17.5 Å². The largest absolute Gasteiger partial charge is 0.493 e. The molecule has 1 aromatic heterocycles. The van der Waals surface area contributed by atoms with Gasteiger partial charge in [0, 0.05) is 24.0 Å². The summed E-state index contributed by atoms with van der Waals surface area (Å²) in [5.41, 5.74) is 6.27. The first-order valence-electron chi connectivity index (χ1n) is 5.83. The van der Waals surface area contributed by atoms with Gasteiger partial charge in [0.15, 0.2) is 11.5 Å². The topological polar surface area (TPSA) is 91.5 Å². The summed E-state index contributed by atoms with van der Waals surface area (Å²) in [6.45, 7) is 0. The molecule has 2 aromatic rings. The van der Waals surface area contributed by atoms with Crippen molar-refractivity contribution in [2.45, 2.75) is 0 Å². The van der Waals surface area contributed by atoms with Gasteiger partial charge in [0.1, 0.15) is 5.82 Å². The molecule has 1 aromatic carbocycles. The quantitative estimate of drug-likeness (QED) is 0.860. The molecule has 106 valence electrons. The Bertz CT molecular complexity index is 579. The van der Waals surface area contributed by atoms with Gasteiger partial charge in [0.05, 0.1) is 21.3 Å². The molecule has 0 amide bonds. The van der Waals surface area contributed by atoms with Crippen molar-refractivity contribution in [1.82, 2.24) is 9.97 Å². The number of hydrogen-bond donors (Lipinski definition) is 2. The van der Waals surface area contributed by atoms with Crippen molar-refractivity contribution < 1.29 is 14.2 Å². The number of nitrogens with one attached hydrogen (secondary N) is 1. The van der Waals surface area contributed by atoms with E-state index >= 15 is 0 Å². The van der Waals surface area contributed by atoms with E-state index in [1.807, 2.05) is 0 Å². The summed E-state index contributed by atoms with van der Waals surface area (Å²) < 4.78 is 15.8. The Morgan fingerprint density at radius 3 is 2.20 bits per heavy atom. The maximum Gasteiger partial charge on any atom is 0.221 e. The molecule has 2 rings (SSSR count).